The molecule has 0 radical (unpaired) electrons. The summed E-state index contributed by atoms with van der Waals surface area (Å²) in [5, 5.41) is 13.9. The van der Waals surface area contributed by atoms with Gasteiger partial charge in [0, 0.05) is 13.1 Å². The van der Waals surface area contributed by atoms with Crippen LogP contribution in [0.2, 0.25) is 0 Å². The molecule has 0 aromatic carbocycles. The average Bonchev–Trinajstić information content (AvgIpc) is 2.28. The van der Waals surface area contributed by atoms with Crippen LogP contribution in [0.1, 0.15) is 27.2 Å². The molecule has 19 heavy (non-hydrogen) atoms. The standard InChI is InChI=1S/C12H22N2O5/c1-4-19-10(15)5-6-13-12(18)14-7-9(8(2)3)11(16)17/h8-9H,4-7H2,1-3H3,(H,16,17)(H2,13,14,18). The van der Waals surface area contributed by atoms with Crippen molar-refractivity contribution < 1.29 is 24.2 Å². The molecule has 0 aliphatic rings. The lowest BCUT2D eigenvalue weighted by Crippen LogP contribution is -2.41. The van der Waals surface area contributed by atoms with E-state index < -0.39 is 17.9 Å². The Kier molecular flexibility index (Phi) is 8.32. The highest BCUT2D eigenvalue weighted by Crippen LogP contribution is 2.09. The highest BCUT2D eigenvalue weighted by Gasteiger charge is 2.21. The Hall–Kier alpha value is -1.79. The zero-order valence-corrected chi connectivity index (χ0v) is 11.6. The predicted octanol–water partition coefficient (Wildman–Crippen LogP) is 0.596. The summed E-state index contributed by atoms with van der Waals surface area (Å²) in [6.07, 6.45) is 0.0911. The molecule has 0 spiro atoms. The van der Waals surface area contributed by atoms with Crippen LogP contribution in [-0.2, 0) is 14.3 Å². The van der Waals surface area contributed by atoms with E-state index in [4.69, 9.17) is 9.84 Å². The Morgan fingerprint density at radius 1 is 1.21 bits per heavy atom. The van der Waals surface area contributed by atoms with Gasteiger partial charge in [-0.2, -0.15) is 0 Å². The van der Waals surface area contributed by atoms with Gasteiger partial charge in [0.05, 0.1) is 18.9 Å². The number of carbonyl (C=O) groups is 3. The Bertz CT molecular complexity index is 317. The second kappa shape index (κ2) is 9.18. The average molecular weight is 274 g/mol. The van der Waals surface area contributed by atoms with Crippen molar-refractivity contribution in [2.45, 2.75) is 27.2 Å². The molecule has 7 heteroatoms. The maximum atomic E-state index is 11.4. The van der Waals surface area contributed by atoms with E-state index in [1.807, 2.05) is 0 Å². The third-order valence-electron chi connectivity index (χ3n) is 2.52. The fourth-order valence-corrected chi connectivity index (χ4v) is 1.38. The Morgan fingerprint density at radius 2 is 1.84 bits per heavy atom. The normalized spacial score (nSPS) is 11.8. The molecule has 0 rings (SSSR count). The lowest BCUT2D eigenvalue weighted by atomic mass is 9.96. The van der Waals surface area contributed by atoms with Crippen LogP contribution in [0.4, 0.5) is 4.79 Å². The first-order chi connectivity index (χ1) is 8.88. The smallest absolute Gasteiger partial charge is 0.314 e. The monoisotopic (exact) mass is 274 g/mol. The van der Waals surface area contributed by atoms with Crippen molar-refractivity contribution in [1.82, 2.24) is 10.6 Å². The van der Waals surface area contributed by atoms with Crippen molar-refractivity contribution in [3.63, 3.8) is 0 Å². The fraction of sp³-hybridized carbons (Fsp3) is 0.750. The van der Waals surface area contributed by atoms with Gasteiger partial charge in [0.25, 0.3) is 0 Å². The third kappa shape index (κ3) is 8.01. The summed E-state index contributed by atoms with van der Waals surface area (Å²) in [6.45, 7) is 5.77. The number of aliphatic carboxylic acids is 1. The second-order valence-electron chi connectivity index (χ2n) is 4.38. The van der Waals surface area contributed by atoms with E-state index in [1.165, 1.54) is 0 Å². The number of hydrogen-bond donors (Lipinski definition) is 3. The number of carboxylic acid groups (broad SMARTS) is 1. The van der Waals surface area contributed by atoms with Crippen molar-refractivity contribution in [3.05, 3.63) is 0 Å². The summed E-state index contributed by atoms with van der Waals surface area (Å²) in [5.74, 6) is -2.02. The first kappa shape index (κ1) is 17.2. The minimum atomic E-state index is -0.943. The Labute approximate surface area is 112 Å². The number of nitrogens with one attached hydrogen (secondary N) is 2. The Balaban J connectivity index is 3.86. The summed E-state index contributed by atoms with van der Waals surface area (Å²) < 4.78 is 4.70. The second-order valence-corrected chi connectivity index (χ2v) is 4.38. The topological polar surface area (TPSA) is 105 Å². The van der Waals surface area contributed by atoms with E-state index in [1.54, 1.807) is 20.8 Å². The van der Waals surface area contributed by atoms with Gasteiger partial charge in [-0.25, -0.2) is 4.79 Å². The van der Waals surface area contributed by atoms with Crippen molar-refractivity contribution in [3.8, 4) is 0 Å². The van der Waals surface area contributed by atoms with Crippen LogP contribution < -0.4 is 10.6 Å². The van der Waals surface area contributed by atoms with Gasteiger partial charge in [-0.3, -0.25) is 9.59 Å². The number of carbonyl (C=O) groups excluding carboxylic acids is 2. The van der Waals surface area contributed by atoms with Crippen LogP contribution in [0.3, 0.4) is 0 Å². The molecular formula is C12H22N2O5. The largest absolute Gasteiger partial charge is 0.481 e. The molecule has 0 saturated heterocycles. The molecule has 0 aliphatic heterocycles. The first-order valence-electron chi connectivity index (χ1n) is 6.28. The maximum absolute atomic E-state index is 11.4. The summed E-state index contributed by atoms with van der Waals surface area (Å²) in [5.41, 5.74) is 0. The van der Waals surface area contributed by atoms with Crippen LogP contribution in [0.15, 0.2) is 0 Å². The van der Waals surface area contributed by atoms with Gasteiger partial charge in [0.2, 0.25) is 0 Å². The van der Waals surface area contributed by atoms with E-state index in [9.17, 15) is 14.4 Å². The van der Waals surface area contributed by atoms with Crippen molar-refractivity contribution in [2.24, 2.45) is 11.8 Å². The van der Waals surface area contributed by atoms with E-state index in [0.717, 1.165) is 0 Å². The molecule has 110 valence electrons. The SMILES string of the molecule is CCOC(=O)CCNC(=O)NCC(C(=O)O)C(C)C. The van der Waals surface area contributed by atoms with E-state index in [-0.39, 0.29) is 31.4 Å². The van der Waals surface area contributed by atoms with E-state index in [0.29, 0.717) is 6.61 Å². The molecule has 0 heterocycles. The molecular weight excluding hydrogens is 252 g/mol. The molecule has 0 saturated carbocycles. The number of carboxylic acids is 1. The van der Waals surface area contributed by atoms with Gasteiger partial charge in [-0.1, -0.05) is 13.8 Å². The molecule has 0 aromatic heterocycles. The lowest BCUT2D eigenvalue weighted by Gasteiger charge is -2.16. The molecule has 0 aromatic rings. The van der Waals surface area contributed by atoms with Gasteiger partial charge in [0.15, 0.2) is 0 Å². The van der Waals surface area contributed by atoms with Crippen molar-refractivity contribution in [2.75, 3.05) is 19.7 Å². The molecule has 0 aliphatic carbocycles. The van der Waals surface area contributed by atoms with E-state index in [2.05, 4.69) is 10.6 Å². The predicted molar refractivity (Wildman–Crippen MR) is 68.6 cm³/mol. The number of amides is 2. The molecule has 1 unspecified atom stereocenters. The quantitative estimate of drug-likeness (QED) is 0.562. The number of urea groups is 1. The van der Waals surface area contributed by atoms with Crippen LogP contribution in [0.5, 0.6) is 0 Å². The maximum Gasteiger partial charge on any atom is 0.314 e. The van der Waals surface area contributed by atoms with Gasteiger partial charge < -0.3 is 20.5 Å². The number of ether oxygens (including phenoxy) is 1. The molecule has 2 amide bonds. The minimum absolute atomic E-state index is 0.0538. The zero-order chi connectivity index (χ0) is 14.8. The van der Waals surface area contributed by atoms with Crippen LogP contribution in [0.25, 0.3) is 0 Å². The summed E-state index contributed by atoms with van der Waals surface area (Å²) in [6, 6.07) is -0.490. The van der Waals surface area contributed by atoms with E-state index >= 15 is 0 Å². The van der Waals surface area contributed by atoms with Gasteiger partial charge in [-0.05, 0) is 12.8 Å². The summed E-state index contributed by atoms with van der Waals surface area (Å²) in [7, 11) is 0. The first-order valence-corrected chi connectivity index (χ1v) is 6.28. The highest BCUT2D eigenvalue weighted by molar-refractivity contribution is 5.76. The zero-order valence-electron chi connectivity index (χ0n) is 11.6. The molecule has 3 N–H and O–H groups in total. The van der Waals surface area contributed by atoms with Crippen molar-refractivity contribution in [1.29, 1.82) is 0 Å². The Morgan fingerprint density at radius 3 is 2.32 bits per heavy atom. The molecule has 0 fully saturated rings. The minimum Gasteiger partial charge on any atom is -0.481 e. The molecule has 1 atom stereocenters. The van der Waals surface area contributed by atoms with Crippen LogP contribution in [0, 0.1) is 11.8 Å². The van der Waals surface area contributed by atoms with Gasteiger partial charge >= 0.3 is 18.0 Å². The molecule has 0 bridgehead atoms. The van der Waals surface area contributed by atoms with Crippen LogP contribution in [-0.4, -0.2) is 42.8 Å². The van der Waals surface area contributed by atoms with Crippen molar-refractivity contribution >= 4 is 18.0 Å². The third-order valence-corrected chi connectivity index (χ3v) is 2.52. The summed E-state index contributed by atoms with van der Waals surface area (Å²) >= 11 is 0. The number of hydrogen-bond acceptors (Lipinski definition) is 4. The highest BCUT2D eigenvalue weighted by atomic mass is 16.5. The van der Waals surface area contributed by atoms with Crippen LogP contribution >= 0.6 is 0 Å². The number of esters is 1. The molecule has 7 nitrogen and oxygen atoms in total. The van der Waals surface area contributed by atoms with Gasteiger partial charge in [-0.15, -0.1) is 0 Å². The summed E-state index contributed by atoms with van der Waals surface area (Å²) in [4.78, 5) is 33.3. The fourth-order valence-electron chi connectivity index (χ4n) is 1.38. The lowest BCUT2D eigenvalue weighted by molar-refractivity contribution is -0.143. The van der Waals surface area contributed by atoms with Gasteiger partial charge in [0.1, 0.15) is 0 Å². The number of rotatable bonds is 8.